The number of carboxylic acids is 1. The standard InChI is InChI=1S/C52H72N12O11S/c1-4-17-62(20-21-65)46(69)32-22-31-11-12-34(25-39(31)59-41(54)24-32)52(14-15-52)50(74)58-35-23-33-28-63(19-13-37(33)57-27-35)47(70)38(9-8-16-56-51(55)75)60-45(68)44(30(2)3)61-42(66)10-6-5-7-18-64-43(67)26-40(48(64)71)76-29-36(53)49(72)73/h11-12,22-23,25,27,30,36,38,40,44,65H,4-10,13-21,24,26,28-29,53H2,1-3H3,(H2,54,59)(H,58,74)(H,60,68)(H,61,66)(H,72,73)(H3,55,56,75)/t36-,38-,40?,44-/m0/s1. The van der Waals surface area contributed by atoms with Crippen LogP contribution in [-0.2, 0) is 56.7 Å². The quantitative estimate of drug-likeness (QED) is 0.0453. The van der Waals surface area contributed by atoms with Crippen LogP contribution in [0.5, 0.6) is 0 Å². The van der Waals surface area contributed by atoms with Gasteiger partial charge in [-0.15, -0.1) is 11.8 Å². The summed E-state index contributed by atoms with van der Waals surface area (Å²) in [5.74, 6) is -3.87. The largest absolute Gasteiger partial charge is 0.480 e. The molecule has 76 heavy (non-hydrogen) atoms. The van der Waals surface area contributed by atoms with Gasteiger partial charge in [0.25, 0.3) is 0 Å². The van der Waals surface area contributed by atoms with Crippen LogP contribution >= 0.6 is 11.8 Å². The monoisotopic (exact) mass is 1070 g/mol. The van der Waals surface area contributed by atoms with Crippen molar-refractivity contribution in [2.75, 3.05) is 50.4 Å². The van der Waals surface area contributed by atoms with Crippen molar-refractivity contribution in [3.8, 4) is 0 Å². The van der Waals surface area contributed by atoms with E-state index in [4.69, 9.17) is 22.3 Å². The van der Waals surface area contributed by atoms with Crippen molar-refractivity contribution in [3.05, 3.63) is 58.4 Å². The highest BCUT2D eigenvalue weighted by Gasteiger charge is 2.51. The molecular weight excluding hydrogens is 1000 g/mol. The molecule has 1 aromatic heterocycles. The number of fused-ring (bicyclic) bond motifs is 2. The first kappa shape index (κ1) is 58.3. The number of carboxylic acid groups (broad SMARTS) is 1. The Labute approximate surface area is 446 Å². The number of pyridine rings is 1. The molecule has 4 atom stereocenters. The van der Waals surface area contributed by atoms with Gasteiger partial charge < -0.3 is 58.5 Å². The van der Waals surface area contributed by atoms with Gasteiger partial charge in [0.2, 0.25) is 41.4 Å². The molecule has 0 spiro atoms. The van der Waals surface area contributed by atoms with Gasteiger partial charge in [-0.25, -0.2) is 9.79 Å². The number of aromatic nitrogens is 1. The number of primary amides is 1. The number of aliphatic imine (C=N–C) groups is 1. The van der Waals surface area contributed by atoms with E-state index in [1.54, 1.807) is 42.0 Å². The predicted molar refractivity (Wildman–Crippen MR) is 284 cm³/mol. The molecule has 12 N–H and O–H groups in total. The Kier molecular flexibility index (Phi) is 20.5. The van der Waals surface area contributed by atoms with Crippen LogP contribution in [0.25, 0.3) is 6.08 Å². The van der Waals surface area contributed by atoms with Gasteiger partial charge in [-0.2, -0.15) is 0 Å². The zero-order chi connectivity index (χ0) is 55.3. The number of carbonyl (C=O) groups excluding carboxylic acids is 8. The number of aliphatic carboxylic acids is 1. The fourth-order valence-corrected chi connectivity index (χ4v) is 10.6. The van der Waals surface area contributed by atoms with Crippen LogP contribution in [0, 0.1) is 5.92 Å². The van der Waals surface area contributed by atoms with Crippen molar-refractivity contribution in [3.63, 3.8) is 0 Å². The van der Waals surface area contributed by atoms with Crippen molar-refractivity contribution < 1.29 is 53.4 Å². The molecule has 23 nitrogen and oxygen atoms in total. The number of thioether (sulfide) groups is 1. The normalized spacial score (nSPS) is 17.7. The topological polar surface area (TPSA) is 355 Å². The predicted octanol–water partition coefficient (Wildman–Crippen LogP) is 1.55. The Morgan fingerprint density at radius 1 is 1.01 bits per heavy atom. The lowest BCUT2D eigenvalue weighted by Crippen LogP contribution is -2.56. The molecule has 4 aliphatic rings. The molecule has 3 aliphatic heterocycles. The van der Waals surface area contributed by atoms with Gasteiger partial charge in [0.15, 0.2) is 0 Å². The van der Waals surface area contributed by atoms with Crippen LogP contribution in [0.15, 0.2) is 41.0 Å². The highest BCUT2D eigenvalue weighted by molar-refractivity contribution is 8.00. The summed E-state index contributed by atoms with van der Waals surface area (Å²) in [6.45, 7) is 6.74. The first-order valence-electron chi connectivity index (χ1n) is 26.0. The number of rotatable bonds is 27. The van der Waals surface area contributed by atoms with Gasteiger partial charge in [0.1, 0.15) is 24.0 Å². The van der Waals surface area contributed by atoms with E-state index in [9.17, 15) is 48.3 Å². The number of aliphatic hydroxyl groups excluding tert-OH is 1. The third-order valence-corrected chi connectivity index (χ3v) is 15.2. The number of benzene rings is 1. The minimum Gasteiger partial charge on any atom is -0.480 e. The van der Waals surface area contributed by atoms with Crippen LogP contribution in [0.1, 0.15) is 114 Å². The van der Waals surface area contributed by atoms with Gasteiger partial charge in [-0.3, -0.25) is 48.2 Å². The number of imide groups is 1. The fraction of sp³-hybridized carbons (Fsp3) is 0.558. The van der Waals surface area contributed by atoms with E-state index in [0.29, 0.717) is 86.1 Å². The van der Waals surface area contributed by atoms with Crippen molar-refractivity contribution in [2.24, 2.45) is 28.1 Å². The molecule has 2 fully saturated rings. The van der Waals surface area contributed by atoms with E-state index in [1.165, 1.54) is 0 Å². The lowest BCUT2D eigenvalue weighted by molar-refractivity contribution is -0.139. The smallest absolute Gasteiger partial charge is 0.321 e. The molecular formula is C52H72N12O11S. The Hall–Kier alpha value is -6.92. The summed E-state index contributed by atoms with van der Waals surface area (Å²) in [5.41, 5.74) is 20.6. The number of aliphatic hydroxyl groups is 1. The zero-order valence-electron chi connectivity index (χ0n) is 43.4. The molecule has 1 saturated heterocycles. The van der Waals surface area contributed by atoms with Gasteiger partial charge in [-0.1, -0.05) is 39.3 Å². The van der Waals surface area contributed by atoms with Crippen molar-refractivity contribution in [2.45, 2.75) is 133 Å². The van der Waals surface area contributed by atoms with Crippen molar-refractivity contribution >= 4 is 88.4 Å². The highest BCUT2D eigenvalue weighted by atomic mass is 32.2. The molecule has 6 rings (SSSR count). The average molecular weight is 1070 g/mol. The molecule has 1 unspecified atom stereocenters. The first-order valence-corrected chi connectivity index (χ1v) is 27.0. The maximum Gasteiger partial charge on any atom is 0.321 e. The van der Waals surface area contributed by atoms with E-state index < -0.39 is 52.6 Å². The number of anilines is 1. The van der Waals surface area contributed by atoms with E-state index >= 15 is 0 Å². The Morgan fingerprint density at radius 2 is 1.78 bits per heavy atom. The molecule has 9 amide bonds. The minimum atomic E-state index is -1.19. The third kappa shape index (κ3) is 15.1. The number of amides is 9. The van der Waals surface area contributed by atoms with E-state index in [-0.39, 0.29) is 106 Å². The SMILES string of the molecule is CCCN(CCO)C(=O)C1=Cc2ccc(C3(C(=O)Nc4cnc5c(c4)CN(C(=O)[C@H](CCCNC(N)=O)NC(=O)[C@@H](NC(=O)CCCCCN4C(=O)CC(SC[C@H](N)C(=O)O)C4=O)C(C)C)CC5)CC3)cc2N=C(N)C1. The summed E-state index contributed by atoms with van der Waals surface area (Å²) in [5, 5.41) is 29.1. The van der Waals surface area contributed by atoms with Crippen LogP contribution in [0.3, 0.4) is 0 Å². The minimum absolute atomic E-state index is 0.00541. The lowest BCUT2D eigenvalue weighted by atomic mass is 9.92. The summed E-state index contributed by atoms with van der Waals surface area (Å²) >= 11 is 1.04. The summed E-state index contributed by atoms with van der Waals surface area (Å²) < 4.78 is 0. The third-order valence-electron chi connectivity index (χ3n) is 13.9. The molecule has 2 aromatic rings. The van der Waals surface area contributed by atoms with Crippen LogP contribution in [-0.4, -0.2) is 158 Å². The van der Waals surface area contributed by atoms with E-state index in [0.717, 1.165) is 34.3 Å². The number of hydrogen-bond donors (Lipinski definition) is 9. The second-order valence-electron chi connectivity index (χ2n) is 20.1. The van der Waals surface area contributed by atoms with Gasteiger partial charge in [-0.05, 0) is 80.2 Å². The van der Waals surface area contributed by atoms with Crippen LogP contribution < -0.4 is 38.5 Å². The number of carbonyl (C=O) groups is 9. The molecule has 0 bridgehead atoms. The fourth-order valence-electron chi connectivity index (χ4n) is 9.52. The number of likely N-dealkylation sites (tertiary alicyclic amines) is 1. The van der Waals surface area contributed by atoms with E-state index in [2.05, 4.69) is 31.2 Å². The second-order valence-corrected chi connectivity index (χ2v) is 21.3. The Balaban J connectivity index is 1.05. The number of amidine groups is 1. The van der Waals surface area contributed by atoms with Crippen LogP contribution in [0.2, 0.25) is 0 Å². The van der Waals surface area contributed by atoms with Crippen molar-refractivity contribution in [1.29, 1.82) is 0 Å². The lowest BCUT2D eigenvalue weighted by Gasteiger charge is -2.33. The number of nitrogens with zero attached hydrogens (tertiary/aromatic N) is 5. The highest BCUT2D eigenvalue weighted by Crippen LogP contribution is 2.50. The summed E-state index contributed by atoms with van der Waals surface area (Å²) in [6.07, 6.45) is 7.59. The van der Waals surface area contributed by atoms with Gasteiger partial charge in [0, 0.05) is 87.5 Å². The summed E-state index contributed by atoms with van der Waals surface area (Å²) in [6, 6.07) is 3.39. The first-order chi connectivity index (χ1) is 36.2. The maximum absolute atomic E-state index is 14.4. The molecule has 412 valence electrons. The number of urea groups is 1. The molecule has 4 heterocycles. The average Bonchev–Trinajstić information content (AvgIpc) is 4.17. The number of nitrogens with one attached hydrogen (secondary N) is 4. The number of hydrogen-bond acceptors (Lipinski definition) is 15. The second kappa shape index (κ2) is 26.7. The molecule has 1 aromatic carbocycles. The maximum atomic E-state index is 14.4. The number of unbranched alkanes of at least 4 members (excludes halogenated alkanes) is 2. The summed E-state index contributed by atoms with van der Waals surface area (Å²) in [7, 11) is 0. The van der Waals surface area contributed by atoms with Crippen molar-refractivity contribution in [1.82, 2.24) is 35.6 Å². The molecule has 0 radical (unpaired) electrons. The van der Waals surface area contributed by atoms with E-state index in [1.807, 2.05) is 25.1 Å². The number of nitrogens with two attached hydrogens (primary N) is 3. The molecule has 24 heteroatoms. The Bertz CT molecular complexity index is 2600. The molecule has 1 saturated carbocycles. The summed E-state index contributed by atoms with van der Waals surface area (Å²) in [4.78, 5) is 130. The Morgan fingerprint density at radius 3 is 2.46 bits per heavy atom. The molecule has 1 aliphatic carbocycles. The zero-order valence-corrected chi connectivity index (χ0v) is 44.3. The van der Waals surface area contributed by atoms with Gasteiger partial charge >= 0.3 is 12.0 Å². The van der Waals surface area contributed by atoms with Crippen LogP contribution in [0.4, 0.5) is 16.2 Å². The van der Waals surface area contributed by atoms with Gasteiger partial charge in [0.05, 0.1) is 34.8 Å².